The minimum Gasteiger partial charge on any atom is -0.316 e. The molecule has 0 atom stereocenters. The number of ether oxygens (including phenoxy) is 1. The van der Waals surface area contributed by atoms with Crippen molar-refractivity contribution in [2.75, 3.05) is 0 Å². The zero-order valence-corrected chi connectivity index (χ0v) is 19.2. The third kappa shape index (κ3) is 10.2. The molecular formula is C27H42F2O. The van der Waals surface area contributed by atoms with Crippen molar-refractivity contribution in [3.8, 4) is 0 Å². The maximum Gasteiger partial charge on any atom is 0.356 e. The Kier molecular flexibility index (Phi) is 11.7. The van der Waals surface area contributed by atoms with Crippen LogP contribution in [0.1, 0.15) is 102 Å². The number of alkyl halides is 2. The van der Waals surface area contributed by atoms with Gasteiger partial charge in [0.25, 0.3) is 0 Å². The Morgan fingerprint density at radius 1 is 0.933 bits per heavy atom. The van der Waals surface area contributed by atoms with E-state index in [1.807, 2.05) is 19.1 Å². The van der Waals surface area contributed by atoms with E-state index in [0.717, 1.165) is 44.1 Å². The quantitative estimate of drug-likeness (QED) is 0.216. The van der Waals surface area contributed by atoms with Crippen molar-refractivity contribution < 1.29 is 13.5 Å². The van der Waals surface area contributed by atoms with Gasteiger partial charge in [0, 0.05) is 6.42 Å². The van der Waals surface area contributed by atoms with E-state index in [0.29, 0.717) is 5.92 Å². The fourth-order valence-corrected chi connectivity index (χ4v) is 4.54. The molecule has 0 aliphatic heterocycles. The van der Waals surface area contributed by atoms with Gasteiger partial charge in [0.1, 0.15) is 0 Å². The van der Waals surface area contributed by atoms with Gasteiger partial charge in [0.2, 0.25) is 0 Å². The average molecular weight is 421 g/mol. The molecule has 30 heavy (non-hydrogen) atoms. The molecule has 0 heterocycles. The minimum absolute atomic E-state index is 0.0114. The number of hydrogen-bond acceptors (Lipinski definition) is 1. The first-order chi connectivity index (χ1) is 14.5. The number of rotatable bonds is 14. The number of allylic oxidation sites excluding steroid dienone is 2. The lowest BCUT2D eigenvalue weighted by Crippen LogP contribution is -2.27. The molecule has 1 aliphatic carbocycles. The summed E-state index contributed by atoms with van der Waals surface area (Å²) in [6, 6.07) is 8.00. The summed E-state index contributed by atoms with van der Waals surface area (Å²) in [4.78, 5) is 0. The van der Waals surface area contributed by atoms with Crippen molar-refractivity contribution in [2.24, 2.45) is 11.8 Å². The van der Waals surface area contributed by atoms with E-state index in [2.05, 4.69) is 31.2 Å². The lowest BCUT2D eigenvalue weighted by Gasteiger charge is -2.30. The molecule has 170 valence electrons. The van der Waals surface area contributed by atoms with Gasteiger partial charge in [-0.05, 0) is 68.4 Å². The Morgan fingerprint density at radius 2 is 1.57 bits per heavy atom. The lowest BCUT2D eigenvalue weighted by atomic mass is 9.78. The van der Waals surface area contributed by atoms with E-state index in [1.165, 1.54) is 44.1 Å². The first-order valence-electron chi connectivity index (χ1n) is 12.2. The summed E-state index contributed by atoms with van der Waals surface area (Å²) in [5, 5.41) is 0. The fourth-order valence-electron chi connectivity index (χ4n) is 4.54. The van der Waals surface area contributed by atoms with Crippen LogP contribution in [0.2, 0.25) is 0 Å². The van der Waals surface area contributed by atoms with Gasteiger partial charge >= 0.3 is 6.11 Å². The summed E-state index contributed by atoms with van der Waals surface area (Å²) in [6.07, 6.45) is 14.8. The highest BCUT2D eigenvalue weighted by Crippen LogP contribution is 2.38. The van der Waals surface area contributed by atoms with Gasteiger partial charge in [-0.3, -0.25) is 0 Å². The molecule has 0 radical (unpaired) electrons. The SMILES string of the molecule is C/C=C/CC[C@H]1CC[C@H](CC(F)(F)OCc2ccc(CCCCCCC)cc2)CC1. The Morgan fingerprint density at radius 3 is 2.23 bits per heavy atom. The van der Waals surface area contributed by atoms with Crippen molar-refractivity contribution in [1.82, 2.24) is 0 Å². The van der Waals surface area contributed by atoms with Crippen molar-refractivity contribution in [3.63, 3.8) is 0 Å². The maximum absolute atomic E-state index is 14.4. The number of benzene rings is 1. The highest BCUT2D eigenvalue weighted by molar-refractivity contribution is 5.22. The third-order valence-corrected chi connectivity index (χ3v) is 6.51. The molecular weight excluding hydrogens is 378 g/mol. The molecule has 1 aromatic rings. The summed E-state index contributed by atoms with van der Waals surface area (Å²) in [5.74, 6) is 0.796. The van der Waals surface area contributed by atoms with E-state index in [4.69, 9.17) is 4.74 Å². The molecule has 1 saturated carbocycles. The Bertz CT molecular complexity index is 585. The Hall–Kier alpha value is -1.22. The predicted octanol–water partition coefficient (Wildman–Crippen LogP) is 8.86. The van der Waals surface area contributed by atoms with E-state index < -0.39 is 6.11 Å². The summed E-state index contributed by atoms with van der Waals surface area (Å²) >= 11 is 0. The molecule has 0 unspecified atom stereocenters. The number of halogens is 2. The summed E-state index contributed by atoms with van der Waals surface area (Å²) in [5.41, 5.74) is 2.12. The van der Waals surface area contributed by atoms with Crippen LogP contribution < -0.4 is 0 Å². The normalized spacial score (nSPS) is 20.1. The Balaban J connectivity index is 1.65. The molecule has 0 amide bonds. The first kappa shape index (κ1) is 25.0. The summed E-state index contributed by atoms with van der Waals surface area (Å²) in [6.45, 7) is 4.26. The van der Waals surface area contributed by atoms with Gasteiger partial charge in [-0.15, -0.1) is 0 Å². The largest absolute Gasteiger partial charge is 0.356 e. The van der Waals surface area contributed by atoms with Crippen molar-refractivity contribution in [1.29, 1.82) is 0 Å². The Labute approximate surface area is 183 Å². The van der Waals surface area contributed by atoms with E-state index in [9.17, 15) is 8.78 Å². The molecule has 2 rings (SSSR count). The second kappa shape index (κ2) is 14.0. The average Bonchev–Trinajstić information content (AvgIpc) is 2.74. The topological polar surface area (TPSA) is 9.23 Å². The molecule has 1 aliphatic rings. The number of aryl methyl sites for hydroxylation is 1. The third-order valence-electron chi connectivity index (χ3n) is 6.51. The van der Waals surface area contributed by atoms with Crippen molar-refractivity contribution in [3.05, 3.63) is 47.5 Å². The van der Waals surface area contributed by atoms with Crippen LogP contribution >= 0.6 is 0 Å². The van der Waals surface area contributed by atoms with Gasteiger partial charge in [0.15, 0.2) is 0 Å². The molecule has 0 bridgehead atoms. The van der Waals surface area contributed by atoms with Crippen LogP contribution in [0.15, 0.2) is 36.4 Å². The van der Waals surface area contributed by atoms with Crippen molar-refractivity contribution >= 4 is 0 Å². The fraction of sp³-hybridized carbons (Fsp3) is 0.704. The van der Waals surface area contributed by atoms with Crippen LogP contribution in [-0.2, 0) is 17.8 Å². The van der Waals surface area contributed by atoms with Gasteiger partial charge in [-0.25, -0.2) is 0 Å². The lowest BCUT2D eigenvalue weighted by molar-refractivity contribution is -0.256. The van der Waals surface area contributed by atoms with Gasteiger partial charge in [0.05, 0.1) is 6.61 Å². The van der Waals surface area contributed by atoms with Crippen molar-refractivity contribution in [2.45, 2.75) is 110 Å². The van der Waals surface area contributed by atoms with Crippen LogP contribution in [0.3, 0.4) is 0 Å². The zero-order chi connectivity index (χ0) is 21.7. The smallest absolute Gasteiger partial charge is 0.316 e. The van der Waals surface area contributed by atoms with Crippen LogP contribution in [0, 0.1) is 11.8 Å². The molecule has 1 fully saturated rings. The van der Waals surface area contributed by atoms with Gasteiger partial charge in [-0.1, -0.05) is 81.9 Å². The molecule has 0 spiro atoms. The second-order valence-electron chi connectivity index (χ2n) is 9.14. The summed E-state index contributed by atoms with van der Waals surface area (Å²) in [7, 11) is 0. The maximum atomic E-state index is 14.4. The molecule has 0 saturated heterocycles. The highest BCUT2D eigenvalue weighted by Gasteiger charge is 2.35. The number of hydrogen-bond donors (Lipinski definition) is 0. The molecule has 0 N–H and O–H groups in total. The van der Waals surface area contributed by atoms with Crippen LogP contribution in [0.5, 0.6) is 0 Å². The van der Waals surface area contributed by atoms with Crippen LogP contribution in [0.25, 0.3) is 0 Å². The van der Waals surface area contributed by atoms with E-state index >= 15 is 0 Å². The minimum atomic E-state index is -3.03. The second-order valence-corrected chi connectivity index (χ2v) is 9.14. The summed E-state index contributed by atoms with van der Waals surface area (Å²) < 4.78 is 33.8. The predicted molar refractivity (Wildman–Crippen MR) is 123 cm³/mol. The van der Waals surface area contributed by atoms with Crippen LogP contribution in [0.4, 0.5) is 8.78 Å². The zero-order valence-electron chi connectivity index (χ0n) is 19.2. The standard InChI is InChI=1S/C27H42F2O/c1-3-5-7-8-10-12-24-15-19-26(20-16-24)22-30-27(28,29)21-25-17-13-23(14-18-25)11-9-6-4-2/h4,6,15-16,19-20,23,25H,3,5,7-14,17-18,21-22H2,1-2H3/b6-4+/t23-,25-. The molecule has 0 aromatic heterocycles. The monoisotopic (exact) mass is 420 g/mol. The number of unbranched alkanes of at least 4 members (excludes halogenated alkanes) is 4. The van der Waals surface area contributed by atoms with Gasteiger partial charge in [-0.2, -0.15) is 8.78 Å². The van der Waals surface area contributed by atoms with Gasteiger partial charge < -0.3 is 4.74 Å². The molecule has 1 aromatic carbocycles. The highest BCUT2D eigenvalue weighted by atomic mass is 19.3. The van der Waals surface area contributed by atoms with Crippen LogP contribution in [-0.4, -0.2) is 6.11 Å². The molecule has 1 nitrogen and oxygen atoms in total. The molecule has 3 heteroatoms. The van der Waals surface area contributed by atoms with E-state index in [-0.39, 0.29) is 18.9 Å². The first-order valence-corrected chi connectivity index (χ1v) is 12.2. The van der Waals surface area contributed by atoms with E-state index in [1.54, 1.807) is 0 Å².